The fourth-order valence-corrected chi connectivity index (χ4v) is 6.68. The number of nitrogens with two attached hydrogens (primary N) is 1. The van der Waals surface area contributed by atoms with Crippen LogP contribution >= 0.6 is 37.7 Å². The molecule has 0 unspecified atom stereocenters. The molecule has 2 N–H and O–H groups in total. The van der Waals surface area contributed by atoms with Crippen LogP contribution in [0.4, 0.5) is 0 Å². The van der Waals surface area contributed by atoms with Gasteiger partial charge in [-0.1, -0.05) is 0 Å². The van der Waals surface area contributed by atoms with Crippen molar-refractivity contribution in [3.63, 3.8) is 0 Å². The molecule has 0 radical (unpaired) electrons. The number of rotatable bonds is 1. The van der Waals surface area contributed by atoms with Crippen LogP contribution in [0.2, 0.25) is 0 Å². The van der Waals surface area contributed by atoms with Crippen molar-refractivity contribution in [1.29, 1.82) is 0 Å². The summed E-state index contributed by atoms with van der Waals surface area (Å²) in [6.07, 6.45) is 0. The van der Waals surface area contributed by atoms with Gasteiger partial charge in [-0.05, 0) is 0 Å². The Bertz CT molecular complexity index is 289. The van der Waals surface area contributed by atoms with Crippen LogP contribution in [0.15, 0.2) is 30.3 Å². The van der Waals surface area contributed by atoms with E-state index in [9.17, 15) is 0 Å². The van der Waals surface area contributed by atoms with E-state index in [-0.39, 0.29) is 0 Å². The van der Waals surface area contributed by atoms with Gasteiger partial charge in [0, 0.05) is 0 Å². The Morgan fingerprint density at radius 2 is 1.33 bits per heavy atom. The quantitative estimate of drug-likeness (QED) is 0.745. The van der Waals surface area contributed by atoms with Crippen LogP contribution in [-0.2, 0) is 9.64 Å². The molecule has 0 aliphatic carbocycles. The molecule has 0 heterocycles. The third kappa shape index (κ3) is 3.06. The maximum atomic E-state index is 5.84. The predicted molar refractivity (Wildman–Crippen MR) is 53.7 cm³/mol. The molecule has 0 bridgehead atoms. The molecule has 0 aliphatic rings. The molecule has 0 aliphatic heterocycles. The molecule has 70 valence electrons. The van der Waals surface area contributed by atoms with Gasteiger partial charge in [-0.2, -0.15) is 0 Å². The summed E-state index contributed by atoms with van der Waals surface area (Å²) in [4.78, 5) is 0. The molecule has 0 fully saturated rings. The van der Waals surface area contributed by atoms with Crippen LogP contribution in [0.3, 0.4) is 0 Å². The molecule has 6 heteroatoms. The van der Waals surface area contributed by atoms with Crippen LogP contribution in [0, 0.1) is 0 Å². The van der Waals surface area contributed by atoms with Gasteiger partial charge >= 0.3 is 85.9 Å². The van der Waals surface area contributed by atoms with Crippen LogP contribution in [0.1, 0.15) is 0 Å². The van der Waals surface area contributed by atoms with Gasteiger partial charge in [-0.15, -0.1) is 0 Å². The van der Waals surface area contributed by atoms with E-state index >= 15 is 0 Å². The monoisotopic (exact) mass is 417 g/mol. The standard InChI is InChI=1S/C6H5.4ClH.H2N.W/c1-2-4-6-5-3-1;;;;;;/h1-5H;4*1H;1H2;/q;;;;;-1;+5/p-4. The maximum absolute atomic E-state index is 5.84. The zero-order chi connectivity index (χ0) is 9.52. The summed E-state index contributed by atoms with van der Waals surface area (Å²) in [5, 5.41) is 0. The van der Waals surface area contributed by atoms with Gasteiger partial charge in [0.15, 0.2) is 0 Å². The Kier molecular flexibility index (Phi) is 2.34. The summed E-state index contributed by atoms with van der Waals surface area (Å²) in [7, 11) is 17.9. The SMILES string of the molecule is [NH2][W]([Cl])([Cl])([Cl])([Cl])[c]1ccccc1. The Labute approximate surface area is 85.2 Å². The second-order valence-electron chi connectivity index (χ2n) is 2.45. The number of halogens is 4. The van der Waals surface area contributed by atoms with Gasteiger partial charge in [0.2, 0.25) is 0 Å². The molecule has 1 nitrogen and oxygen atoms in total. The van der Waals surface area contributed by atoms with E-state index in [4.69, 9.17) is 42.0 Å². The van der Waals surface area contributed by atoms with E-state index in [0.717, 1.165) is 0 Å². The van der Waals surface area contributed by atoms with Crippen LogP contribution in [0.5, 0.6) is 0 Å². The van der Waals surface area contributed by atoms with Crippen molar-refractivity contribution in [3.8, 4) is 0 Å². The van der Waals surface area contributed by atoms with Gasteiger partial charge in [0.05, 0.1) is 0 Å². The molecular weight excluding hydrogens is 412 g/mol. The molecule has 1 aromatic rings. The summed E-state index contributed by atoms with van der Waals surface area (Å²) < 4.78 is 6.01. The normalized spacial score (nSPS) is 18.1. The third-order valence-corrected chi connectivity index (χ3v) is 11.6. The first-order valence-corrected chi connectivity index (χ1v) is 20.7. The molecule has 1 rings (SSSR count). The van der Waals surface area contributed by atoms with E-state index in [0.29, 0.717) is 3.95 Å². The molecule has 12 heavy (non-hydrogen) atoms. The Balaban J connectivity index is 3.36. The fraction of sp³-hybridized carbons (Fsp3) is 0. The minimum absolute atomic E-state index is 0.407. The van der Waals surface area contributed by atoms with E-state index in [1.54, 1.807) is 30.3 Å². The van der Waals surface area contributed by atoms with E-state index in [1.807, 2.05) is 0 Å². The molecule has 0 amide bonds. The van der Waals surface area contributed by atoms with E-state index in [2.05, 4.69) is 0 Å². The average molecular weight is 419 g/mol. The zero-order valence-corrected chi connectivity index (χ0v) is 11.8. The van der Waals surface area contributed by atoms with Crippen molar-refractivity contribution < 1.29 is 9.64 Å². The predicted octanol–water partition coefficient (Wildman–Crippen LogP) is 3.03. The average Bonchev–Trinajstić information content (AvgIpc) is 1.85. The zero-order valence-electron chi connectivity index (χ0n) is 5.88. The van der Waals surface area contributed by atoms with E-state index in [1.165, 1.54) is 0 Å². The summed E-state index contributed by atoms with van der Waals surface area (Å²) in [6.45, 7) is 0. The number of hydrogen-bond acceptors (Lipinski definition) is 1. The molecule has 0 atom stereocenters. The van der Waals surface area contributed by atoms with Gasteiger partial charge in [-0.3, -0.25) is 0 Å². The first kappa shape index (κ1) is 11.1. The van der Waals surface area contributed by atoms with Crippen molar-refractivity contribution in [2.45, 2.75) is 0 Å². The summed E-state index contributed by atoms with van der Waals surface area (Å²) in [6, 6.07) is 8.50. The van der Waals surface area contributed by atoms with Crippen molar-refractivity contribution in [1.82, 2.24) is 0 Å². The van der Waals surface area contributed by atoms with Gasteiger partial charge in [0.25, 0.3) is 0 Å². The number of hydrogen-bond donors (Lipinski definition) is 1. The fourth-order valence-electron chi connectivity index (χ4n) is 0.705. The molecule has 1 aromatic carbocycles. The molecule has 0 saturated carbocycles. The van der Waals surface area contributed by atoms with Crippen molar-refractivity contribution in [2.24, 2.45) is 4.29 Å². The molecule has 0 aromatic heterocycles. The van der Waals surface area contributed by atoms with Crippen molar-refractivity contribution in [3.05, 3.63) is 30.3 Å². The van der Waals surface area contributed by atoms with Crippen LogP contribution in [0.25, 0.3) is 0 Å². The topological polar surface area (TPSA) is 26.0 Å². The van der Waals surface area contributed by atoms with Crippen molar-refractivity contribution >= 4 is 41.6 Å². The van der Waals surface area contributed by atoms with Gasteiger partial charge in [-0.25, -0.2) is 0 Å². The third-order valence-electron chi connectivity index (χ3n) is 1.24. The molecule has 0 spiro atoms. The molecular formula is C6H7Cl4NW. The first-order valence-electron chi connectivity index (χ1n) is 2.97. The summed E-state index contributed by atoms with van der Waals surface area (Å²) >= 11 is 0. The Morgan fingerprint density at radius 1 is 0.917 bits per heavy atom. The Morgan fingerprint density at radius 3 is 1.58 bits per heavy atom. The second-order valence-corrected chi connectivity index (χ2v) is 46.1. The van der Waals surface area contributed by atoms with Crippen LogP contribution < -0.4 is 8.25 Å². The second kappa shape index (κ2) is 2.53. The van der Waals surface area contributed by atoms with Gasteiger partial charge in [0.1, 0.15) is 0 Å². The Hall–Kier alpha value is 1.03. The van der Waals surface area contributed by atoms with E-state index < -0.39 is 9.64 Å². The summed E-state index contributed by atoms with van der Waals surface area (Å²) in [5.74, 6) is 0. The van der Waals surface area contributed by atoms with Gasteiger partial charge < -0.3 is 0 Å². The number of benzene rings is 1. The van der Waals surface area contributed by atoms with Crippen LogP contribution in [-0.4, -0.2) is 0 Å². The minimum atomic E-state index is -5.50. The first-order chi connectivity index (χ1) is 5.09. The molecule has 0 saturated heterocycles. The summed E-state index contributed by atoms with van der Waals surface area (Å²) in [5.41, 5.74) is 0. The van der Waals surface area contributed by atoms with Crippen molar-refractivity contribution in [2.75, 3.05) is 0 Å².